The van der Waals surface area contributed by atoms with E-state index in [1.165, 1.54) is 32.2 Å². The van der Waals surface area contributed by atoms with Gasteiger partial charge in [-0.2, -0.15) is 0 Å². The lowest BCUT2D eigenvalue weighted by Gasteiger charge is -2.12. The fourth-order valence-electron chi connectivity index (χ4n) is 3.16. The molecule has 0 saturated heterocycles. The molecule has 0 amide bonds. The lowest BCUT2D eigenvalue weighted by molar-refractivity contribution is 0.480. The van der Waals surface area contributed by atoms with Gasteiger partial charge in [0.05, 0.1) is 0 Å². The first-order valence-corrected chi connectivity index (χ1v) is 6.21. The number of hydrogen-bond donors (Lipinski definition) is 2. The van der Waals surface area contributed by atoms with Crippen LogP contribution in [0.3, 0.4) is 0 Å². The van der Waals surface area contributed by atoms with Crippen LogP contribution in [0.25, 0.3) is 0 Å². The van der Waals surface area contributed by atoms with Crippen molar-refractivity contribution in [2.75, 3.05) is 20.1 Å². The van der Waals surface area contributed by atoms with E-state index in [0.29, 0.717) is 6.04 Å². The van der Waals surface area contributed by atoms with Crippen LogP contribution < -0.4 is 10.6 Å². The largest absolute Gasteiger partial charge is 0.318 e. The predicted octanol–water partition coefficient (Wildman–Crippen LogP) is 1.62. The monoisotopic (exact) mass is 196 g/mol. The molecule has 14 heavy (non-hydrogen) atoms. The van der Waals surface area contributed by atoms with Gasteiger partial charge < -0.3 is 10.6 Å². The highest BCUT2D eigenvalue weighted by Crippen LogP contribution is 2.54. The Morgan fingerprint density at radius 2 is 1.86 bits per heavy atom. The van der Waals surface area contributed by atoms with Crippen LogP contribution in [0.15, 0.2) is 0 Å². The summed E-state index contributed by atoms with van der Waals surface area (Å²) in [6.07, 6.45) is 6.00. The fourth-order valence-corrected chi connectivity index (χ4v) is 3.16. The van der Waals surface area contributed by atoms with E-state index in [0.717, 1.165) is 24.3 Å². The summed E-state index contributed by atoms with van der Waals surface area (Å²) < 4.78 is 0. The third-order valence-electron chi connectivity index (χ3n) is 4.05. The second kappa shape index (κ2) is 4.63. The highest BCUT2D eigenvalue weighted by Gasteiger charge is 2.49. The quantitative estimate of drug-likeness (QED) is 0.698. The molecule has 0 bridgehead atoms. The molecular weight excluding hydrogens is 172 g/mol. The van der Waals surface area contributed by atoms with Gasteiger partial charge in [0, 0.05) is 12.6 Å². The first-order valence-electron chi connectivity index (χ1n) is 6.21. The first kappa shape index (κ1) is 10.4. The minimum atomic E-state index is 0.627. The van der Waals surface area contributed by atoms with Gasteiger partial charge in [-0.3, -0.25) is 0 Å². The second-order valence-electron chi connectivity index (χ2n) is 5.14. The molecule has 0 aliphatic heterocycles. The molecule has 2 aliphatic carbocycles. The third kappa shape index (κ3) is 2.29. The van der Waals surface area contributed by atoms with Crippen LogP contribution >= 0.6 is 0 Å². The van der Waals surface area contributed by atoms with Crippen molar-refractivity contribution in [1.82, 2.24) is 10.6 Å². The summed E-state index contributed by atoms with van der Waals surface area (Å²) in [5.74, 6) is 3.22. The summed E-state index contributed by atoms with van der Waals surface area (Å²) in [4.78, 5) is 0. The van der Waals surface area contributed by atoms with Crippen LogP contribution in [-0.4, -0.2) is 26.2 Å². The van der Waals surface area contributed by atoms with Crippen molar-refractivity contribution in [3.63, 3.8) is 0 Å². The predicted molar refractivity (Wildman–Crippen MR) is 60.3 cm³/mol. The zero-order valence-electron chi connectivity index (χ0n) is 9.55. The number of hydrogen-bond acceptors (Lipinski definition) is 2. The lowest BCUT2D eigenvalue weighted by atomic mass is 10.0. The van der Waals surface area contributed by atoms with Gasteiger partial charge in [-0.15, -0.1) is 0 Å². The number of nitrogens with one attached hydrogen (secondary N) is 2. The van der Waals surface area contributed by atoms with Crippen LogP contribution in [0.2, 0.25) is 0 Å². The highest BCUT2D eigenvalue weighted by molar-refractivity contribution is 5.00. The smallest absolute Gasteiger partial charge is 0.0164 e. The van der Waals surface area contributed by atoms with Crippen molar-refractivity contribution in [3.05, 3.63) is 0 Å². The minimum Gasteiger partial charge on any atom is -0.318 e. The highest BCUT2D eigenvalue weighted by atomic mass is 15.0. The summed E-state index contributed by atoms with van der Waals surface area (Å²) in [6.45, 7) is 4.61. The summed E-state index contributed by atoms with van der Waals surface area (Å²) >= 11 is 0. The van der Waals surface area contributed by atoms with Crippen molar-refractivity contribution in [3.8, 4) is 0 Å². The molecule has 0 spiro atoms. The van der Waals surface area contributed by atoms with E-state index < -0.39 is 0 Å². The van der Waals surface area contributed by atoms with Crippen molar-refractivity contribution in [2.45, 2.75) is 38.6 Å². The Labute approximate surface area is 87.8 Å². The number of fused-ring (bicyclic) bond motifs is 1. The molecule has 2 heteroatoms. The van der Waals surface area contributed by atoms with Crippen LogP contribution in [-0.2, 0) is 0 Å². The maximum atomic E-state index is 3.64. The van der Waals surface area contributed by atoms with Gasteiger partial charge in [-0.25, -0.2) is 0 Å². The molecular formula is C12H24N2. The summed E-state index contributed by atoms with van der Waals surface area (Å²) in [5.41, 5.74) is 0. The molecule has 3 unspecified atom stereocenters. The molecule has 2 rings (SSSR count). The molecule has 3 atom stereocenters. The van der Waals surface area contributed by atoms with E-state index in [4.69, 9.17) is 0 Å². The number of likely N-dealkylation sites (N-methyl/N-ethyl adjacent to an activating group) is 1. The van der Waals surface area contributed by atoms with Gasteiger partial charge in [0.15, 0.2) is 0 Å². The zero-order chi connectivity index (χ0) is 9.97. The van der Waals surface area contributed by atoms with Crippen molar-refractivity contribution < 1.29 is 0 Å². The van der Waals surface area contributed by atoms with Gasteiger partial charge in [0.2, 0.25) is 0 Å². The molecule has 0 heterocycles. The van der Waals surface area contributed by atoms with Crippen molar-refractivity contribution in [2.24, 2.45) is 17.8 Å². The van der Waals surface area contributed by atoms with Gasteiger partial charge in [0.1, 0.15) is 0 Å². The lowest BCUT2D eigenvalue weighted by Crippen LogP contribution is -2.36. The Bertz CT molecular complexity index is 169. The fraction of sp³-hybridized carbons (Fsp3) is 1.00. The van der Waals surface area contributed by atoms with Crippen LogP contribution in [0.1, 0.15) is 32.6 Å². The topological polar surface area (TPSA) is 24.1 Å². The Balaban J connectivity index is 1.63. The Hall–Kier alpha value is -0.0800. The summed E-state index contributed by atoms with van der Waals surface area (Å²) in [5, 5.41) is 6.85. The summed E-state index contributed by atoms with van der Waals surface area (Å²) in [7, 11) is 2.02. The van der Waals surface area contributed by atoms with Gasteiger partial charge in [-0.1, -0.05) is 12.8 Å². The molecule has 82 valence electrons. The number of rotatable bonds is 5. The third-order valence-corrected chi connectivity index (χ3v) is 4.05. The Morgan fingerprint density at radius 1 is 1.21 bits per heavy atom. The molecule has 2 N–H and O–H groups in total. The van der Waals surface area contributed by atoms with E-state index in [1.807, 2.05) is 7.05 Å². The van der Waals surface area contributed by atoms with E-state index in [9.17, 15) is 0 Å². The Kier molecular flexibility index (Phi) is 3.45. The van der Waals surface area contributed by atoms with Crippen LogP contribution in [0.4, 0.5) is 0 Å². The maximum Gasteiger partial charge on any atom is 0.0164 e. The summed E-state index contributed by atoms with van der Waals surface area (Å²) in [6, 6.07) is 0.627. The standard InChI is InChI=1S/C12H24N2/c1-9(7-13-2)14-8-12-10-5-3-4-6-11(10)12/h9-14H,3-8H2,1-2H3. The Morgan fingerprint density at radius 3 is 2.43 bits per heavy atom. The molecule has 0 aromatic heterocycles. The average Bonchev–Trinajstić information content (AvgIpc) is 2.89. The molecule has 2 fully saturated rings. The zero-order valence-corrected chi connectivity index (χ0v) is 9.55. The molecule has 0 radical (unpaired) electrons. The van der Waals surface area contributed by atoms with Crippen LogP contribution in [0.5, 0.6) is 0 Å². The van der Waals surface area contributed by atoms with Gasteiger partial charge in [-0.05, 0) is 51.1 Å². The van der Waals surface area contributed by atoms with Gasteiger partial charge in [0.25, 0.3) is 0 Å². The molecule has 0 aromatic carbocycles. The van der Waals surface area contributed by atoms with E-state index in [2.05, 4.69) is 17.6 Å². The normalized spacial score (nSPS) is 37.7. The van der Waals surface area contributed by atoms with E-state index >= 15 is 0 Å². The van der Waals surface area contributed by atoms with Gasteiger partial charge >= 0.3 is 0 Å². The molecule has 2 aliphatic rings. The average molecular weight is 196 g/mol. The van der Waals surface area contributed by atoms with Crippen LogP contribution in [0, 0.1) is 17.8 Å². The second-order valence-corrected chi connectivity index (χ2v) is 5.14. The first-order chi connectivity index (χ1) is 6.83. The minimum absolute atomic E-state index is 0.627. The molecule has 2 nitrogen and oxygen atoms in total. The SMILES string of the molecule is CNCC(C)NCC1C2CCCCC21. The van der Waals surface area contributed by atoms with E-state index in [1.54, 1.807) is 0 Å². The molecule has 2 saturated carbocycles. The van der Waals surface area contributed by atoms with Crippen molar-refractivity contribution in [1.29, 1.82) is 0 Å². The van der Waals surface area contributed by atoms with Crippen molar-refractivity contribution >= 4 is 0 Å². The van der Waals surface area contributed by atoms with E-state index in [-0.39, 0.29) is 0 Å². The maximum absolute atomic E-state index is 3.64. The molecule has 0 aromatic rings.